The number of hydrogen-bond donors (Lipinski definition) is 1. The van der Waals surface area contributed by atoms with Crippen LogP contribution in [0.3, 0.4) is 0 Å². The van der Waals surface area contributed by atoms with Gasteiger partial charge >= 0.3 is 0 Å². The molecule has 0 aliphatic carbocycles. The fraction of sp³-hybridized carbons (Fsp3) is 0.357. The van der Waals surface area contributed by atoms with Crippen LogP contribution < -0.4 is 5.32 Å². The summed E-state index contributed by atoms with van der Waals surface area (Å²) in [5.74, 6) is 1.80. The van der Waals surface area contributed by atoms with Crippen molar-refractivity contribution in [2.75, 3.05) is 11.9 Å². The molecule has 0 fully saturated rings. The van der Waals surface area contributed by atoms with Gasteiger partial charge < -0.3 is 5.32 Å². The molecule has 2 aromatic heterocycles. The molecule has 2 rings (SSSR count). The lowest BCUT2D eigenvalue weighted by atomic mass is 10.1. The van der Waals surface area contributed by atoms with Gasteiger partial charge in [0.1, 0.15) is 11.5 Å². The average molecular weight is 400 g/mol. The highest BCUT2D eigenvalue weighted by molar-refractivity contribution is 9.11. The van der Waals surface area contributed by atoms with Crippen molar-refractivity contribution in [3.8, 4) is 11.5 Å². The Balaban J connectivity index is 2.54. The lowest BCUT2D eigenvalue weighted by molar-refractivity contribution is 0.815. The fourth-order valence-corrected chi connectivity index (χ4v) is 2.88. The van der Waals surface area contributed by atoms with E-state index in [2.05, 4.69) is 66.0 Å². The monoisotopic (exact) mass is 398 g/mol. The third-order valence-corrected chi connectivity index (χ3v) is 3.75. The van der Waals surface area contributed by atoms with E-state index < -0.39 is 0 Å². The van der Waals surface area contributed by atoms with Crippen LogP contribution in [0, 0.1) is 0 Å². The van der Waals surface area contributed by atoms with E-state index in [-0.39, 0.29) is 0 Å². The SMILES string of the molecule is CCNc1cc(C(C)C)nc(-c2ncc(Br)cc2Br)n1. The minimum Gasteiger partial charge on any atom is -0.370 e. The summed E-state index contributed by atoms with van der Waals surface area (Å²) >= 11 is 6.92. The Morgan fingerprint density at radius 1 is 1.20 bits per heavy atom. The van der Waals surface area contributed by atoms with Crippen LogP contribution in [-0.4, -0.2) is 21.5 Å². The van der Waals surface area contributed by atoms with Crippen molar-refractivity contribution in [2.24, 2.45) is 0 Å². The predicted molar refractivity (Wildman–Crippen MR) is 88.9 cm³/mol. The van der Waals surface area contributed by atoms with E-state index in [0.29, 0.717) is 11.7 Å². The number of aromatic nitrogens is 3. The van der Waals surface area contributed by atoms with E-state index in [4.69, 9.17) is 0 Å². The summed E-state index contributed by atoms with van der Waals surface area (Å²) < 4.78 is 1.79. The number of anilines is 1. The fourth-order valence-electron chi connectivity index (χ4n) is 1.72. The van der Waals surface area contributed by atoms with Crippen molar-refractivity contribution in [1.29, 1.82) is 0 Å². The van der Waals surface area contributed by atoms with Gasteiger partial charge in [-0.2, -0.15) is 0 Å². The summed E-state index contributed by atoms with van der Waals surface area (Å²) in [4.78, 5) is 13.6. The van der Waals surface area contributed by atoms with E-state index in [1.54, 1.807) is 6.20 Å². The van der Waals surface area contributed by atoms with Crippen molar-refractivity contribution in [2.45, 2.75) is 26.7 Å². The molecule has 2 heterocycles. The molecule has 1 N–H and O–H groups in total. The third kappa shape index (κ3) is 3.55. The smallest absolute Gasteiger partial charge is 0.181 e. The summed E-state index contributed by atoms with van der Waals surface area (Å²) in [5.41, 5.74) is 1.75. The Labute approximate surface area is 135 Å². The second-order valence-electron chi connectivity index (χ2n) is 4.67. The van der Waals surface area contributed by atoms with Crippen LogP contribution >= 0.6 is 31.9 Å². The highest BCUT2D eigenvalue weighted by Crippen LogP contribution is 2.28. The van der Waals surface area contributed by atoms with Gasteiger partial charge in [0.15, 0.2) is 5.82 Å². The molecule has 20 heavy (non-hydrogen) atoms. The Bertz CT molecular complexity index is 614. The topological polar surface area (TPSA) is 50.7 Å². The molecule has 0 unspecified atom stereocenters. The molecular weight excluding hydrogens is 384 g/mol. The summed E-state index contributed by atoms with van der Waals surface area (Å²) in [6, 6.07) is 3.94. The maximum Gasteiger partial charge on any atom is 0.181 e. The highest BCUT2D eigenvalue weighted by atomic mass is 79.9. The van der Waals surface area contributed by atoms with Gasteiger partial charge in [0, 0.05) is 33.4 Å². The quantitative estimate of drug-likeness (QED) is 0.814. The molecule has 0 amide bonds. The van der Waals surface area contributed by atoms with Crippen LogP contribution in [0.15, 0.2) is 27.3 Å². The zero-order valence-electron chi connectivity index (χ0n) is 11.6. The maximum absolute atomic E-state index is 4.62. The van der Waals surface area contributed by atoms with Crippen molar-refractivity contribution in [1.82, 2.24) is 15.0 Å². The molecule has 2 aromatic rings. The van der Waals surface area contributed by atoms with Crippen LogP contribution in [0.25, 0.3) is 11.5 Å². The Morgan fingerprint density at radius 3 is 2.55 bits per heavy atom. The first-order chi connectivity index (χ1) is 9.51. The van der Waals surface area contributed by atoms with Gasteiger partial charge in [0.25, 0.3) is 0 Å². The lowest BCUT2D eigenvalue weighted by Crippen LogP contribution is -2.05. The molecule has 0 saturated carbocycles. The number of nitrogens with one attached hydrogen (secondary N) is 1. The summed E-state index contributed by atoms with van der Waals surface area (Å²) in [5, 5.41) is 3.24. The average Bonchev–Trinajstić information content (AvgIpc) is 2.38. The molecule has 0 saturated heterocycles. The molecule has 0 aliphatic heterocycles. The predicted octanol–water partition coefficient (Wildman–Crippen LogP) is 4.62. The maximum atomic E-state index is 4.62. The van der Waals surface area contributed by atoms with Gasteiger partial charge in [0.05, 0.1) is 0 Å². The molecule has 0 spiro atoms. The summed E-state index contributed by atoms with van der Waals surface area (Å²) in [6.07, 6.45) is 1.75. The van der Waals surface area contributed by atoms with Crippen LogP contribution in [-0.2, 0) is 0 Å². The first kappa shape index (κ1) is 15.4. The lowest BCUT2D eigenvalue weighted by Gasteiger charge is -2.11. The summed E-state index contributed by atoms with van der Waals surface area (Å²) in [6.45, 7) is 7.10. The van der Waals surface area contributed by atoms with Crippen LogP contribution in [0.5, 0.6) is 0 Å². The van der Waals surface area contributed by atoms with Gasteiger partial charge in [-0.05, 0) is 50.8 Å². The molecule has 0 radical (unpaired) electrons. The number of pyridine rings is 1. The van der Waals surface area contributed by atoms with E-state index in [1.165, 1.54) is 0 Å². The molecular formula is C14H16Br2N4. The third-order valence-electron chi connectivity index (χ3n) is 2.71. The number of halogens is 2. The van der Waals surface area contributed by atoms with Crippen LogP contribution in [0.1, 0.15) is 32.4 Å². The van der Waals surface area contributed by atoms with Crippen molar-refractivity contribution in [3.63, 3.8) is 0 Å². The highest BCUT2D eigenvalue weighted by Gasteiger charge is 2.13. The van der Waals surface area contributed by atoms with Crippen molar-refractivity contribution >= 4 is 37.7 Å². The minimum absolute atomic E-state index is 0.336. The van der Waals surface area contributed by atoms with E-state index in [9.17, 15) is 0 Å². The Kier molecular flexibility index (Phi) is 5.10. The molecule has 106 valence electrons. The molecule has 0 aromatic carbocycles. The summed E-state index contributed by atoms with van der Waals surface area (Å²) in [7, 11) is 0. The first-order valence-electron chi connectivity index (χ1n) is 6.45. The van der Waals surface area contributed by atoms with Gasteiger partial charge in [0.2, 0.25) is 0 Å². The minimum atomic E-state index is 0.336. The van der Waals surface area contributed by atoms with Crippen molar-refractivity contribution < 1.29 is 0 Å². The molecule has 4 nitrogen and oxygen atoms in total. The van der Waals surface area contributed by atoms with E-state index >= 15 is 0 Å². The van der Waals surface area contributed by atoms with Gasteiger partial charge in [-0.25, -0.2) is 9.97 Å². The van der Waals surface area contributed by atoms with Crippen LogP contribution in [0.2, 0.25) is 0 Å². The second-order valence-corrected chi connectivity index (χ2v) is 6.44. The Morgan fingerprint density at radius 2 is 1.95 bits per heavy atom. The standard InChI is InChI=1S/C14H16Br2N4/c1-4-17-12-6-11(8(2)3)19-14(20-12)13-10(16)5-9(15)7-18-13/h5-8H,4H2,1-3H3,(H,17,19,20). The van der Waals surface area contributed by atoms with Crippen molar-refractivity contribution in [3.05, 3.63) is 33.0 Å². The number of hydrogen-bond acceptors (Lipinski definition) is 4. The zero-order chi connectivity index (χ0) is 14.7. The molecule has 0 bridgehead atoms. The van der Waals surface area contributed by atoms with Crippen LogP contribution in [0.4, 0.5) is 5.82 Å². The number of nitrogens with zero attached hydrogens (tertiary/aromatic N) is 3. The largest absolute Gasteiger partial charge is 0.370 e. The van der Waals surface area contributed by atoms with Gasteiger partial charge in [-0.1, -0.05) is 13.8 Å². The second kappa shape index (κ2) is 6.63. The molecule has 0 aliphatic rings. The number of rotatable bonds is 4. The molecule has 0 atom stereocenters. The van der Waals surface area contributed by atoms with Gasteiger partial charge in [-0.15, -0.1) is 0 Å². The Hall–Kier alpha value is -1.01. The van der Waals surface area contributed by atoms with E-state index in [1.807, 2.05) is 19.1 Å². The van der Waals surface area contributed by atoms with E-state index in [0.717, 1.165) is 32.7 Å². The molecule has 6 heteroatoms. The zero-order valence-corrected chi connectivity index (χ0v) is 14.8. The van der Waals surface area contributed by atoms with Gasteiger partial charge in [-0.3, -0.25) is 4.98 Å². The normalized spacial score (nSPS) is 10.9. The first-order valence-corrected chi connectivity index (χ1v) is 8.04.